The summed E-state index contributed by atoms with van der Waals surface area (Å²) in [5.74, 6) is -0.463. The number of ether oxygens (including phenoxy) is 1. The van der Waals surface area contributed by atoms with E-state index in [4.69, 9.17) is 9.72 Å². The van der Waals surface area contributed by atoms with Crippen LogP contribution in [-0.4, -0.2) is 35.6 Å². The summed E-state index contributed by atoms with van der Waals surface area (Å²) >= 11 is 0. The summed E-state index contributed by atoms with van der Waals surface area (Å²) in [6.45, 7) is 7.50. The van der Waals surface area contributed by atoms with Crippen molar-refractivity contribution in [2.45, 2.75) is 25.7 Å². The van der Waals surface area contributed by atoms with E-state index >= 15 is 0 Å². The van der Waals surface area contributed by atoms with Gasteiger partial charge in [0.15, 0.2) is 11.7 Å². The van der Waals surface area contributed by atoms with Gasteiger partial charge in [-0.1, -0.05) is 31.7 Å². The van der Waals surface area contributed by atoms with Gasteiger partial charge in [-0.15, -0.1) is 0 Å². The number of hydrogen-bond donors (Lipinski definition) is 0. The smallest absolute Gasteiger partial charge is 0.330 e. The van der Waals surface area contributed by atoms with Gasteiger partial charge in [0.2, 0.25) is 0 Å². The Labute approximate surface area is 153 Å². The number of hydrogen-bond acceptors (Lipinski definition) is 6. The van der Waals surface area contributed by atoms with Crippen LogP contribution >= 0.6 is 0 Å². The van der Waals surface area contributed by atoms with Crippen LogP contribution in [-0.2, 0) is 9.53 Å². The maximum Gasteiger partial charge on any atom is 0.330 e. The van der Waals surface area contributed by atoms with Gasteiger partial charge in [-0.2, -0.15) is 5.26 Å². The lowest BCUT2D eigenvalue weighted by Gasteiger charge is -2.32. The third kappa shape index (κ3) is 3.67. The van der Waals surface area contributed by atoms with Gasteiger partial charge in [0, 0.05) is 13.1 Å². The van der Waals surface area contributed by atoms with Crippen LogP contribution in [0, 0.1) is 17.2 Å². The molecular formula is C20H22N4O2. The molecule has 0 spiro atoms. The highest BCUT2D eigenvalue weighted by molar-refractivity contribution is 5.85. The minimum atomic E-state index is -1.11. The second kappa shape index (κ2) is 7.96. The molecule has 134 valence electrons. The van der Waals surface area contributed by atoms with E-state index in [2.05, 4.69) is 23.4 Å². The zero-order valence-corrected chi connectivity index (χ0v) is 14.9. The van der Waals surface area contributed by atoms with Gasteiger partial charge in [-0.25, -0.2) is 9.97 Å². The van der Waals surface area contributed by atoms with Gasteiger partial charge in [-0.05, 0) is 30.9 Å². The number of esters is 1. The molecule has 0 N–H and O–H groups in total. The summed E-state index contributed by atoms with van der Waals surface area (Å²) < 4.78 is 5.10. The van der Waals surface area contributed by atoms with Crippen molar-refractivity contribution in [1.29, 1.82) is 5.26 Å². The second-order valence-corrected chi connectivity index (χ2v) is 6.57. The molecule has 0 aliphatic carbocycles. The normalized spacial score (nSPS) is 16.1. The number of para-hydroxylation sites is 2. The Kier molecular flexibility index (Phi) is 5.47. The fraction of sp³-hybridized carbons (Fsp3) is 0.400. The first-order valence-corrected chi connectivity index (χ1v) is 8.82. The number of anilines is 1. The summed E-state index contributed by atoms with van der Waals surface area (Å²) in [6, 6.07) is 9.52. The van der Waals surface area contributed by atoms with Gasteiger partial charge in [0.05, 0.1) is 17.1 Å². The van der Waals surface area contributed by atoms with Crippen molar-refractivity contribution in [3.05, 3.63) is 42.6 Å². The van der Waals surface area contributed by atoms with Crippen LogP contribution in [0.25, 0.3) is 11.0 Å². The van der Waals surface area contributed by atoms with E-state index < -0.39 is 11.9 Å². The van der Waals surface area contributed by atoms with Gasteiger partial charge >= 0.3 is 5.97 Å². The van der Waals surface area contributed by atoms with Crippen molar-refractivity contribution in [1.82, 2.24) is 9.97 Å². The molecule has 1 aliphatic heterocycles. The number of fused-ring (bicyclic) bond motifs is 1. The molecule has 2 aromatic rings. The van der Waals surface area contributed by atoms with Crippen LogP contribution in [0.4, 0.5) is 5.82 Å². The van der Waals surface area contributed by atoms with Crippen LogP contribution in [0.15, 0.2) is 36.9 Å². The Bertz CT molecular complexity index is 851. The molecule has 0 unspecified atom stereocenters. The quantitative estimate of drug-likeness (QED) is 0.608. The first kappa shape index (κ1) is 17.9. The van der Waals surface area contributed by atoms with Crippen molar-refractivity contribution in [3.8, 4) is 6.07 Å². The van der Waals surface area contributed by atoms with Crippen molar-refractivity contribution in [2.75, 3.05) is 24.6 Å². The molecule has 1 saturated heterocycles. The molecule has 1 aliphatic rings. The monoisotopic (exact) mass is 350 g/mol. The van der Waals surface area contributed by atoms with Gasteiger partial charge in [0.25, 0.3) is 0 Å². The number of carbonyl (C=O) groups excluding carboxylic acids is 1. The molecular weight excluding hydrogens is 328 g/mol. The highest BCUT2D eigenvalue weighted by atomic mass is 16.5. The van der Waals surface area contributed by atoms with E-state index in [0.29, 0.717) is 22.9 Å². The highest BCUT2D eigenvalue weighted by Gasteiger charge is 2.30. The van der Waals surface area contributed by atoms with Gasteiger partial charge in [0.1, 0.15) is 12.3 Å². The van der Waals surface area contributed by atoms with Crippen LogP contribution in [0.5, 0.6) is 0 Å². The minimum Gasteiger partial charge on any atom is -0.460 e. The Balaban J connectivity index is 2.06. The van der Waals surface area contributed by atoms with E-state index in [0.717, 1.165) is 31.4 Å². The third-order valence-corrected chi connectivity index (χ3v) is 4.64. The summed E-state index contributed by atoms with van der Waals surface area (Å²) in [5.41, 5.74) is 1.78. The molecule has 26 heavy (non-hydrogen) atoms. The molecule has 1 atom stereocenters. The lowest BCUT2D eigenvalue weighted by atomic mass is 9.98. The molecule has 1 aromatic carbocycles. The SMILES string of the molecule is C=CCOC(=O)[C@@H](C#N)c1nc2ccccc2nc1N1CCC(C)CC1. The molecule has 6 heteroatoms. The molecule has 6 nitrogen and oxygen atoms in total. The van der Waals surface area contributed by atoms with E-state index in [1.807, 2.05) is 30.3 Å². The second-order valence-electron chi connectivity index (χ2n) is 6.57. The fourth-order valence-electron chi connectivity index (χ4n) is 3.10. The maximum atomic E-state index is 12.4. The van der Waals surface area contributed by atoms with Crippen molar-refractivity contribution in [3.63, 3.8) is 0 Å². The summed E-state index contributed by atoms with van der Waals surface area (Å²) in [6.07, 6.45) is 3.57. The van der Waals surface area contributed by atoms with Crippen LogP contribution < -0.4 is 4.90 Å². The topological polar surface area (TPSA) is 79.1 Å². The average molecular weight is 350 g/mol. The molecule has 0 amide bonds. The average Bonchev–Trinajstić information content (AvgIpc) is 2.67. The zero-order chi connectivity index (χ0) is 18.5. The Morgan fingerprint density at radius 1 is 1.38 bits per heavy atom. The van der Waals surface area contributed by atoms with Crippen molar-refractivity contribution < 1.29 is 9.53 Å². The Morgan fingerprint density at radius 2 is 2.04 bits per heavy atom. The third-order valence-electron chi connectivity index (χ3n) is 4.64. The number of piperidine rings is 1. The molecule has 0 bridgehead atoms. The molecule has 3 rings (SSSR count). The zero-order valence-electron chi connectivity index (χ0n) is 14.9. The van der Waals surface area contributed by atoms with E-state index in [-0.39, 0.29) is 6.61 Å². The van der Waals surface area contributed by atoms with Crippen LogP contribution in [0.1, 0.15) is 31.4 Å². The Morgan fingerprint density at radius 3 is 2.65 bits per heavy atom. The van der Waals surface area contributed by atoms with Crippen molar-refractivity contribution >= 4 is 22.8 Å². The molecule has 2 heterocycles. The van der Waals surface area contributed by atoms with Crippen LogP contribution in [0.3, 0.4) is 0 Å². The van der Waals surface area contributed by atoms with E-state index in [9.17, 15) is 10.1 Å². The summed E-state index contributed by atoms with van der Waals surface area (Å²) in [5, 5.41) is 9.62. The number of nitrogens with zero attached hydrogens (tertiary/aromatic N) is 4. The summed E-state index contributed by atoms with van der Waals surface area (Å²) in [7, 11) is 0. The molecule has 0 radical (unpaired) electrons. The molecule has 1 fully saturated rings. The number of benzene rings is 1. The number of nitriles is 1. The first-order chi connectivity index (χ1) is 12.6. The number of carbonyl (C=O) groups is 1. The lowest BCUT2D eigenvalue weighted by molar-refractivity contribution is -0.142. The molecule has 0 saturated carbocycles. The standard InChI is InChI=1S/C20H22N4O2/c1-3-12-26-20(25)15(13-21)18-19(24-10-8-14(2)9-11-24)23-17-7-5-4-6-16(17)22-18/h3-7,14-15H,1,8-12H2,2H3/t15-/m0/s1. The number of rotatable bonds is 5. The Hall–Kier alpha value is -2.94. The first-order valence-electron chi connectivity index (χ1n) is 8.82. The van der Waals surface area contributed by atoms with E-state index in [1.54, 1.807) is 0 Å². The predicted molar refractivity (Wildman–Crippen MR) is 99.7 cm³/mol. The maximum absolute atomic E-state index is 12.4. The highest BCUT2D eigenvalue weighted by Crippen LogP contribution is 2.30. The van der Waals surface area contributed by atoms with Gasteiger partial charge < -0.3 is 9.64 Å². The summed E-state index contributed by atoms with van der Waals surface area (Å²) in [4.78, 5) is 23.9. The van der Waals surface area contributed by atoms with Crippen molar-refractivity contribution in [2.24, 2.45) is 5.92 Å². The number of aromatic nitrogens is 2. The van der Waals surface area contributed by atoms with Gasteiger partial charge in [-0.3, -0.25) is 4.79 Å². The minimum absolute atomic E-state index is 0.0641. The molecule has 1 aromatic heterocycles. The fourth-order valence-corrected chi connectivity index (χ4v) is 3.10. The lowest BCUT2D eigenvalue weighted by Crippen LogP contribution is -2.35. The predicted octanol–water partition coefficient (Wildman–Crippen LogP) is 3.20. The largest absolute Gasteiger partial charge is 0.460 e. The van der Waals surface area contributed by atoms with E-state index in [1.165, 1.54) is 6.08 Å². The van der Waals surface area contributed by atoms with Crippen LogP contribution in [0.2, 0.25) is 0 Å².